The summed E-state index contributed by atoms with van der Waals surface area (Å²) in [7, 11) is -1.71. The van der Waals surface area contributed by atoms with Crippen LogP contribution in [-0.2, 0) is 42.3 Å². The summed E-state index contributed by atoms with van der Waals surface area (Å²) in [6.45, 7) is 0.717. The van der Waals surface area contributed by atoms with Crippen molar-refractivity contribution < 1.29 is 17.6 Å². The average Bonchev–Trinajstić information content (AvgIpc) is 3.22. The van der Waals surface area contributed by atoms with Gasteiger partial charge in [-0.25, -0.2) is 12.8 Å². The molecular weight excluding hydrogens is 491 g/mol. The molecule has 0 atom stereocenters. The Balaban J connectivity index is 1.45. The molecule has 4 aromatic rings. The molecule has 0 saturated carbocycles. The third-order valence-corrected chi connectivity index (χ3v) is 8.38. The van der Waals surface area contributed by atoms with Crippen molar-refractivity contribution in [2.24, 2.45) is 7.05 Å². The topological polar surface area (TPSA) is 75.5 Å². The zero-order valence-corrected chi connectivity index (χ0v) is 21.2. The lowest BCUT2D eigenvalue weighted by Gasteiger charge is -2.28. The largest absolute Gasteiger partial charge is 0.302 e. The highest BCUT2D eigenvalue weighted by atomic mass is 32.2. The maximum absolute atomic E-state index is 13.5. The number of anilines is 1. The number of para-hydroxylation sites is 1. The van der Waals surface area contributed by atoms with E-state index in [1.165, 1.54) is 28.6 Å². The predicted molar refractivity (Wildman–Crippen MR) is 140 cm³/mol. The number of sulfonamides is 1. The van der Waals surface area contributed by atoms with Gasteiger partial charge in [-0.15, -0.1) is 0 Å². The fourth-order valence-electron chi connectivity index (χ4n) is 4.67. The standard InChI is InChI=1S/C28H27FN4O3S/c1-31-27-16-17-32(37(35,36)20-21-8-4-2-5-9-21)18-25(27)26(30-31)19-33(24-10-6-3-7-11-24)28(34)22-12-14-23(29)15-13-22/h2-15H,16-20H2,1H3. The Labute approximate surface area is 215 Å². The van der Waals surface area contributed by atoms with Gasteiger partial charge in [0, 0.05) is 49.1 Å². The number of hydrogen-bond acceptors (Lipinski definition) is 4. The minimum Gasteiger partial charge on any atom is -0.302 e. The number of aromatic nitrogens is 2. The number of carbonyl (C=O) groups is 1. The van der Waals surface area contributed by atoms with Crippen LogP contribution in [0.2, 0.25) is 0 Å². The molecule has 0 radical (unpaired) electrons. The number of fused-ring (bicyclic) bond motifs is 1. The van der Waals surface area contributed by atoms with Crippen LogP contribution in [0.5, 0.6) is 0 Å². The second-order valence-corrected chi connectivity index (χ2v) is 11.0. The highest BCUT2D eigenvalue weighted by Crippen LogP contribution is 2.28. The van der Waals surface area contributed by atoms with Gasteiger partial charge in [-0.3, -0.25) is 9.48 Å². The Bertz CT molecular complexity index is 1500. The molecular formula is C28H27FN4O3S. The van der Waals surface area contributed by atoms with Crippen LogP contribution >= 0.6 is 0 Å². The first-order chi connectivity index (χ1) is 17.8. The van der Waals surface area contributed by atoms with Crippen LogP contribution in [-0.4, -0.2) is 35.0 Å². The lowest BCUT2D eigenvalue weighted by atomic mass is 10.1. The van der Waals surface area contributed by atoms with E-state index >= 15 is 0 Å². The highest BCUT2D eigenvalue weighted by molar-refractivity contribution is 7.88. The van der Waals surface area contributed by atoms with E-state index in [0.29, 0.717) is 29.9 Å². The summed E-state index contributed by atoms with van der Waals surface area (Å²) in [6.07, 6.45) is 0.532. The predicted octanol–water partition coefficient (Wildman–Crippen LogP) is 4.29. The van der Waals surface area contributed by atoms with Crippen LogP contribution < -0.4 is 4.90 Å². The van der Waals surface area contributed by atoms with Gasteiger partial charge in [-0.05, 0) is 42.0 Å². The molecule has 0 N–H and O–H groups in total. The smallest absolute Gasteiger partial charge is 0.258 e. The Hall–Kier alpha value is -3.82. The highest BCUT2D eigenvalue weighted by Gasteiger charge is 2.32. The van der Waals surface area contributed by atoms with Gasteiger partial charge in [0.1, 0.15) is 5.82 Å². The lowest BCUT2D eigenvalue weighted by Crippen LogP contribution is -2.37. The summed E-state index contributed by atoms with van der Waals surface area (Å²) in [5, 5.41) is 4.69. The maximum atomic E-state index is 13.5. The van der Waals surface area contributed by atoms with E-state index in [-0.39, 0.29) is 24.7 Å². The van der Waals surface area contributed by atoms with Gasteiger partial charge in [0.25, 0.3) is 5.91 Å². The van der Waals surface area contributed by atoms with Crippen LogP contribution in [0.3, 0.4) is 0 Å². The number of halogens is 1. The zero-order valence-electron chi connectivity index (χ0n) is 20.4. The van der Waals surface area contributed by atoms with Gasteiger partial charge in [0.15, 0.2) is 0 Å². The van der Waals surface area contributed by atoms with E-state index in [9.17, 15) is 17.6 Å². The van der Waals surface area contributed by atoms with E-state index in [0.717, 1.165) is 16.8 Å². The third-order valence-electron chi connectivity index (χ3n) is 6.59. The van der Waals surface area contributed by atoms with Gasteiger partial charge < -0.3 is 4.90 Å². The minimum atomic E-state index is -3.55. The third kappa shape index (κ3) is 5.33. The number of rotatable bonds is 7. The molecule has 3 aromatic carbocycles. The molecule has 0 fully saturated rings. The molecule has 1 amide bonds. The van der Waals surface area contributed by atoms with Gasteiger partial charge in [0.05, 0.1) is 18.0 Å². The zero-order chi connectivity index (χ0) is 26.0. The van der Waals surface area contributed by atoms with Crippen molar-refractivity contribution in [3.63, 3.8) is 0 Å². The van der Waals surface area contributed by atoms with Crippen molar-refractivity contribution in [1.82, 2.24) is 14.1 Å². The molecule has 1 aliphatic rings. The fourth-order valence-corrected chi connectivity index (χ4v) is 6.16. The molecule has 1 aromatic heterocycles. The van der Waals surface area contributed by atoms with E-state index in [1.807, 2.05) is 55.6 Å². The first-order valence-corrected chi connectivity index (χ1v) is 13.6. The van der Waals surface area contributed by atoms with Crippen molar-refractivity contribution in [3.8, 4) is 0 Å². The summed E-state index contributed by atoms with van der Waals surface area (Å²) in [5.41, 5.74) is 4.17. The first-order valence-electron chi connectivity index (χ1n) is 12.0. The van der Waals surface area contributed by atoms with Crippen LogP contribution in [0.15, 0.2) is 84.9 Å². The first kappa shape index (κ1) is 24.9. The monoisotopic (exact) mass is 518 g/mol. The Morgan fingerprint density at radius 2 is 1.62 bits per heavy atom. The van der Waals surface area contributed by atoms with Crippen LogP contribution in [0.25, 0.3) is 0 Å². The van der Waals surface area contributed by atoms with Crippen molar-refractivity contribution in [2.75, 3.05) is 11.4 Å². The Morgan fingerprint density at radius 1 is 0.973 bits per heavy atom. The molecule has 0 saturated heterocycles. The second-order valence-electron chi connectivity index (χ2n) is 9.05. The van der Waals surface area contributed by atoms with Gasteiger partial charge in [0.2, 0.25) is 10.0 Å². The van der Waals surface area contributed by atoms with Crippen LogP contribution in [0, 0.1) is 5.82 Å². The SMILES string of the molecule is Cn1nc(CN(C(=O)c2ccc(F)cc2)c2ccccc2)c2c1CCN(S(=O)(=O)Cc1ccccc1)C2. The average molecular weight is 519 g/mol. The molecule has 0 bridgehead atoms. The van der Waals surface area contributed by atoms with E-state index in [1.54, 1.807) is 21.7 Å². The molecule has 2 heterocycles. The van der Waals surface area contributed by atoms with Crippen LogP contribution in [0.4, 0.5) is 10.1 Å². The molecule has 0 aliphatic carbocycles. The summed E-state index contributed by atoms with van der Waals surface area (Å²) >= 11 is 0. The summed E-state index contributed by atoms with van der Waals surface area (Å²) in [5.74, 6) is -0.786. The molecule has 7 nitrogen and oxygen atoms in total. The van der Waals surface area contributed by atoms with Crippen LogP contribution in [0.1, 0.15) is 32.9 Å². The van der Waals surface area contributed by atoms with Crippen molar-refractivity contribution in [1.29, 1.82) is 0 Å². The number of carbonyl (C=O) groups excluding carboxylic acids is 1. The molecule has 0 unspecified atom stereocenters. The summed E-state index contributed by atoms with van der Waals surface area (Å²) in [6, 6.07) is 23.8. The summed E-state index contributed by atoms with van der Waals surface area (Å²) in [4.78, 5) is 15.1. The maximum Gasteiger partial charge on any atom is 0.258 e. The van der Waals surface area contributed by atoms with Gasteiger partial charge in [-0.1, -0.05) is 48.5 Å². The molecule has 190 valence electrons. The van der Waals surface area contributed by atoms with Crippen molar-refractivity contribution >= 4 is 21.6 Å². The minimum absolute atomic E-state index is 0.0715. The lowest BCUT2D eigenvalue weighted by molar-refractivity contribution is 0.0984. The number of amides is 1. The normalized spacial score (nSPS) is 13.8. The number of benzene rings is 3. The van der Waals surface area contributed by atoms with Crippen molar-refractivity contribution in [3.05, 3.63) is 119 Å². The second kappa shape index (κ2) is 10.3. The summed E-state index contributed by atoms with van der Waals surface area (Å²) < 4.78 is 43.3. The number of aryl methyl sites for hydroxylation is 1. The Kier molecular flexibility index (Phi) is 6.90. The molecule has 37 heavy (non-hydrogen) atoms. The molecule has 9 heteroatoms. The van der Waals surface area contributed by atoms with E-state index < -0.39 is 15.8 Å². The van der Waals surface area contributed by atoms with E-state index in [4.69, 9.17) is 0 Å². The van der Waals surface area contributed by atoms with Gasteiger partial charge in [-0.2, -0.15) is 9.40 Å². The van der Waals surface area contributed by atoms with Crippen molar-refractivity contribution in [2.45, 2.75) is 25.3 Å². The number of hydrogen-bond donors (Lipinski definition) is 0. The Morgan fingerprint density at radius 3 is 2.30 bits per heavy atom. The number of nitrogens with zero attached hydrogens (tertiary/aromatic N) is 4. The van der Waals surface area contributed by atoms with E-state index in [2.05, 4.69) is 5.10 Å². The molecule has 1 aliphatic heterocycles. The molecule has 0 spiro atoms. The fraction of sp³-hybridized carbons (Fsp3) is 0.214. The quantitative estimate of drug-likeness (QED) is 0.366. The molecule has 5 rings (SSSR count). The van der Waals surface area contributed by atoms with Gasteiger partial charge >= 0.3 is 0 Å².